The monoisotopic (exact) mass is 518 g/mol. The molecule has 2 bridgehead atoms. The molecule has 202 valence electrons. The van der Waals surface area contributed by atoms with Gasteiger partial charge in [-0.05, 0) is 45.0 Å². The molecule has 0 amide bonds. The lowest BCUT2D eigenvalue weighted by atomic mass is 9.50. The van der Waals surface area contributed by atoms with Crippen LogP contribution in [0.5, 0.6) is 5.75 Å². The van der Waals surface area contributed by atoms with Crippen LogP contribution in [0, 0.1) is 0 Å². The van der Waals surface area contributed by atoms with Crippen LogP contribution in [0.15, 0.2) is 24.0 Å². The number of hydrogen-bond acceptors (Lipinski definition) is 10. The van der Waals surface area contributed by atoms with E-state index in [-0.39, 0.29) is 32.3 Å². The maximum absolute atomic E-state index is 12.9. The van der Waals surface area contributed by atoms with Crippen LogP contribution in [0.4, 0.5) is 0 Å². The summed E-state index contributed by atoms with van der Waals surface area (Å²) in [6.45, 7) is 1.77. The summed E-state index contributed by atoms with van der Waals surface area (Å²) in [7, 11) is 1.98. The number of nitrogens with zero attached hydrogens (tertiary/aromatic N) is 1. The number of carbonyl (C=O) groups is 3. The second kappa shape index (κ2) is 9.39. The fourth-order valence-corrected chi connectivity index (χ4v) is 6.41. The highest BCUT2D eigenvalue weighted by molar-refractivity contribution is 5.85. The van der Waals surface area contributed by atoms with Crippen molar-refractivity contribution >= 4 is 17.9 Å². The van der Waals surface area contributed by atoms with Gasteiger partial charge in [-0.3, -0.25) is 9.59 Å². The van der Waals surface area contributed by atoms with Gasteiger partial charge < -0.3 is 40.2 Å². The molecule has 2 heterocycles. The van der Waals surface area contributed by atoms with E-state index in [1.165, 1.54) is 6.92 Å². The zero-order valence-electron chi connectivity index (χ0n) is 20.1. The van der Waals surface area contributed by atoms with Crippen molar-refractivity contribution in [2.45, 2.75) is 81.9 Å². The number of piperidine rings is 1. The van der Waals surface area contributed by atoms with E-state index in [9.17, 15) is 24.6 Å². The number of carboxylic acids is 1. The van der Waals surface area contributed by atoms with Gasteiger partial charge >= 0.3 is 17.9 Å². The SMILES string of the molecule is C.C[C@H](OC(=O)[C@@H](N)CC(=O)O)C(=O)OC1=CC[C@@]2(O)[C@H]3Cc4ccc(CO)c5c4[C@@]2(CCN3C)[C@H]1O5. The second-order valence-electron chi connectivity index (χ2n) is 10.1. The molecule has 11 heteroatoms. The molecule has 2 aliphatic carbocycles. The van der Waals surface area contributed by atoms with Crippen LogP contribution in [0.2, 0.25) is 0 Å². The number of aliphatic carboxylic acids is 1. The molecule has 0 unspecified atom stereocenters. The fourth-order valence-electron chi connectivity index (χ4n) is 6.41. The topological polar surface area (TPSA) is 169 Å². The minimum Gasteiger partial charge on any atom is -0.481 e. The summed E-state index contributed by atoms with van der Waals surface area (Å²) in [5.74, 6) is -2.44. The zero-order valence-corrected chi connectivity index (χ0v) is 20.1. The maximum Gasteiger partial charge on any atom is 0.352 e. The number of likely N-dealkylation sites (N-methyl/N-ethyl adjacent to an activating group) is 1. The van der Waals surface area contributed by atoms with Crippen molar-refractivity contribution in [3.63, 3.8) is 0 Å². The van der Waals surface area contributed by atoms with Crippen LogP contribution in [0.1, 0.15) is 50.3 Å². The van der Waals surface area contributed by atoms with Crippen LogP contribution in [0.25, 0.3) is 0 Å². The normalized spacial score (nSPS) is 30.6. The molecule has 5 N–H and O–H groups in total. The highest BCUT2D eigenvalue weighted by Crippen LogP contribution is 2.64. The van der Waals surface area contributed by atoms with Gasteiger partial charge in [-0.25, -0.2) is 4.79 Å². The van der Waals surface area contributed by atoms with Gasteiger partial charge in [0, 0.05) is 23.6 Å². The van der Waals surface area contributed by atoms with Gasteiger partial charge in [0.15, 0.2) is 12.2 Å². The van der Waals surface area contributed by atoms with Crippen LogP contribution in [-0.2, 0) is 42.3 Å². The molecule has 2 aliphatic heterocycles. The molecule has 4 aliphatic rings. The summed E-state index contributed by atoms with van der Waals surface area (Å²) in [5.41, 5.74) is 5.98. The first kappa shape index (κ1) is 27.1. The lowest BCUT2D eigenvalue weighted by Gasteiger charge is -2.61. The minimum absolute atomic E-state index is 0. The van der Waals surface area contributed by atoms with Crippen molar-refractivity contribution in [1.29, 1.82) is 0 Å². The Balaban J connectivity index is 0.00000320. The first-order chi connectivity index (χ1) is 17.0. The molecular formula is C26H34N2O9. The fraction of sp³-hybridized carbons (Fsp3) is 0.577. The number of hydrogen-bond donors (Lipinski definition) is 4. The predicted octanol–water partition coefficient (Wildman–Crippen LogP) is 0.370. The summed E-state index contributed by atoms with van der Waals surface area (Å²) in [5, 5.41) is 30.9. The molecule has 11 nitrogen and oxygen atoms in total. The maximum atomic E-state index is 12.9. The number of rotatable bonds is 7. The number of ether oxygens (including phenoxy) is 3. The van der Waals surface area contributed by atoms with E-state index in [4.69, 9.17) is 25.1 Å². The first-order valence-corrected chi connectivity index (χ1v) is 12.0. The lowest BCUT2D eigenvalue weighted by molar-refractivity contribution is -0.176. The molecule has 0 radical (unpaired) electrons. The third-order valence-electron chi connectivity index (χ3n) is 8.17. The number of aliphatic hydroxyl groups excluding tert-OH is 1. The van der Waals surface area contributed by atoms with Crippen molar-refractivity contribution in [1.82, 2.24) is 4.90 Å². The second-order valence-corrected chi connectivity index (χ2v) is 10.1. The predicted molar refractivity (Wildman–Crippen MR) is 129 cm³/mol. The summed E-state index contributed by atoms with van der Waals surface area (Å²) in [4.78, 5) is 37.9. The summed E-state index contributed by atoms with van der Waals surface area (Å²) >= 11 is 0. The Morgan fingerprint density at radius 2 is 2.03 bits per heavy atom. The Labute approximate surface area is 214 Å². The van der Waals surface area contributed by atoms with Crippen molar-refractivity contribution in [2.24, 2.45) is 5.73 Å². The van der Waals surface area contributed by atoms with Gasteiger partial charge in [0.1, 0.15) is 17.6 Å². The van der Waals surface area contributed by atoms with E-state index in [0.717, 1.165) is 11.1 Å². The van der Waals surface area contributed by atoms with Gasteiger partial charge in [0.25, 0.3) is 0 Å². The lowest BCUT2D eigenvalue weighted by Crippen LogP contribution is -2.74. The van der Waals surface area contributed by atoms with E-state index in [2.05, 4.69) is 4.90 Å². The van der Waals surface area contributed by atoms with Crippen molar-refractivity contribution in [2.75, 3.05) is 13.6 Å². The number of nitrogens with two attached hydrogens (primary N) is 1. The van der Waals surface area contributed by atoms with Crippen molar-refractivity contribution in [3.8, 4) is 5.75 Å². The standard InChI is InChI=1S/C25H30N2O9.CH4/c1-12(34-23(32)15(26)10-18(29)30)22(31)35-16-5-6-25(33)17-9-13-3-4-14(11-28)20-19(13)24(25,21(16)36-20)7-8-27(17)2;/h3-5,12,15,17,21,28,33H,6-11,26H2,1-2H3,(H,29,30);1H4/t12-,15-,17+,21-,24-,25+;/m0./s1. The Morgan fingerprint density at radius 1 is 1.30 bits per heavy atom. The number of likely N-dealkylation sites (tertiary alicyclic amines) is 1. The van der Waals surface area contributed by atoms with E-state index >= 15 is 0 Å². The van der Waals surface area contributed by atoms with E-state index < -0.39 is 53.6 Å². The smallest absolute Gasteiger partial charge is 0.352 e. The summed E-state index contributed by atoms with van der Waals surface area (Å²) < 4.78 is 17.1. The highest BCUT2D eigenvalue weighted by atomic mass is 16.6. The average Bonchev–Trinajstić information content (AvgIpc) is 3.18. The third-order valence-corrected chi connectivity index (χ3v) is 8.17. The Kier molecular flexibility index (Phi) is 6.87. The third kappa shape index (κ3) is 3.83. The Morgan fingerprint density at radius 3 is 2.70 bits per heavy atom. The largest absolute Gasteiger partial charge is 0.481 e. The Hall–Kier alpha value is -2.99. The molecule has 1 aromatic rings. The van der Waals surface area contributed by atoms with Crippen LogP contribution in [-0.4, -0.2) is 81.6 Å². The molecule has 37 heavy (non-hydrogen) atoms. The molecule has 6 atom stereocenters. The zero-order chi connectivity index (χ0) is 26.0. The number of aliphatic hydroxyl groups is 2. The minimum atomic E-state index is -1.41. The van der Waals surface area contributed by atoms with Crippen LogP contribution in [0.3, 0.4) is 0 Å². The summed E-state index contributed by atoms with van der Waals surface area (Å²) in [6.07, 6.45) is 0.269. The summed E-state index contributed by atoms with van der Waals surface area (Å²) in [6, 6.07) is 2.21. The number of benzene rings is 1. The Bertz CT molecular complexity index is 1170. The molecule has 0 saturated carbocycles. The van der Waals surface area contributed by atoms with Crippen molar-refractivity contribution < 1.29 is 43.9 Å². The highest BCUT2D eigenvalue weighted by Gasteiger charge is 2.71. The number of carboxylic acid groups (broad SMARTS) is 1. The van der Waals surface area contributed by atoms with Gasteiger partial charge in [-0.2, -0.15) is 0 Å². The van der Waals surface area contributed by atoms with E-state index in [0.29, 0.717) is 30.7 Å². The van der Waals surface area contributed by atoms with Crippen LogP contribution < -0.4 is 10.5 Å². The van der Waals surface area contributed by atoms with Gasteiger partial charge in [-0.15, -0.1) is 0 Å². The van der Waals surface area contributed by atoms with E-state index in [1.807, 2.05) is 19.2 Å². The molecule has 1 saturated heterocycles. The quantitative estimate of drug-likeness (QED) is 0.368. The van der Waals surface area contributed by atoms with Gasteiger partial charge in [-0.1, -0.05) is 19.6 Å². The number of carbonyl (C=O) groups excluding carboxylic acids is 2. The van der Waals surface area contributed by atoms with Crippen molar-refractivity contribution in [3.05, 3.63) is 40.7 Å². The molecular weight excluding hydrogens is 484 g/mol. The molecule has 1 fully saturated rings. The molecule has 1 spiro atoms. The van der Waals surface area contributed by atoms with Gasteiger partial charge in [0.05, 0.1) is 24.0 Å². The first-order valence-electron chi connectivity index (χ1n) is 12.0. The molecule has 0 aromatic heterocycles. The van der Waals surface area contributed by atoms with E-state index in [1.54, 1.807) is 6.08 Å². The molecule has 1 aromatic carbocycles. The van der Waals surface area contributed by atoms with Crippen LogP contribution >= 0.6 is 0 Å². The average molecular weight is 519 g/mol. The van der Waals surface area contributed by atoms with Gasteiger partial charge in [0.2, 0.25) is 0 Å². The molecule has 5 rings (SSSR count). The number of esters is 2.